The molecule has 0 aromatic heterocycles. The average Bonchev–Trinajstić information content (AvgIpc) is 2.64. The minimum atomic E-state index is -0.441. The highest BCUT2D eigenvalue weighted by Crippen LogP contribution is 2.30. The van der Waals surface area contributed by atoms with Crippen LogP contribution in [0.3, 0.4) is 0 Å². The maximum atomic E-state index is 14.3. The zero-order valence-electron chi connectivity index (χ0n) is 13.3. The van der Waals surface area contributed by atoms with Crippen LogP contribution >= 0.6 is 0 Å². The van der Waals surface area contributed by atoms with Crippen LogP contribution in [0, 0.1) is 23.5 Å². The SMILES string of the molecule is CNCc1cc(F)c(N2CCCC(C(C)C)CC2)c(F)c1. The number of rotatable bonds is 4. The van der Waals surface area contributed by atoms with Crippen molar-refractivity contribution in [3.8, 4) is 0 Å². The summed E-state index contributed by atoms with van der Waals surface area (Å²) in [5.41, 5.74) is 0.797. The molecule has 0 aliphatic carbocycles. The molecule has 4 heteroatoms. The smallest absolute Gasteiger partial charge is 0.149 e. The minimum Gasteiger partial charge on any atom is -0.367 e. The zero-order valence-corrected chi connectivity index (χ0v) is 13.3. The molecule has 1 fully saturated rings. The predicted octanol–water partition coefficient (Wildman–Crippen LogP) is 3.95. The fraction of sp³-hybridized carbons (Fsp3) is 0.647. The molecule has 1 aromatic rings. The third-order valence-electron chi connectivity index (χ3n) is 4.49. The molecule has 0 spiro atoms. The van der Waals surface area contributed by atoms with E-state index in [0.29, 0.717) is 23.9 Å². The summed E-state index contributed by atoms with van der Waals surface area (Å²) >= 11 is 0. The van der Waals surface area contributed by atoms with E-state index < -0.39 is 11.6 Å². The Morgan fingerprint density at radius 2 is 1.86 bits per heavy atom. The van der Waals surface area contributed by atoms with Gasteiger partial charge in [0.15, 0.2) is 0 Å². The van der Waals surface area contributed by atoms with Crippen LogP contribution in [0.1, 0.15) is 38.7 Å². The quantitative estimate of drug-likeness (QED) is 0.905. The summed E-state index contributed by atoms with van der Waals surface area (Å²) < 4.78 is 28.6. The van der Waals surface area contributed by atoms with Gasteiger partial charge in [0.05, 0.1) is 0 Å². The second-order valence-corrected chi connectivity index (χ2v) is 6.36. The summed E-state index contributed by atoms with van der Waals surface area (Å²) in [6, 6.07) is 2.89. The van der Waals surface area contributed by atoms with Crippen molar-refractivity contribution in [2.24, 2.45) is 11.8 Å². The van der Waals surface area contributed by atoms with E-state index in [1.807, 2.05) is 4.90 Å². The first-order chi connectivity index (χ1) is 10.0. The lowest BCUT2D eigenvalue weighted by Crippen LogP contribution is -2.27. The first-order valence-corrected chi connectivity index (χ1v) is 7.90. The lowest BCUT2D eigenvalue weighted by molar-refractivity contribution is 0.351. The number of nitrogens with one attached hydrogen (secondary N) is 1. The lowest BCUT2D eigenvalue weighted by Gasteiger charge is -2.25. The van der Waals surface area contributed by atoms with Crippen LogP contribution < -0.4 is 10.2 Å². The molecule has 1 atom stereocenters. The van der Waals surface area contributed by atoms with Gasteiger partial charge in [0.1, 0.15) is 17.3 Å². The van der Waals surface area contributed by atoms with Gasteiger partial charge in [-0.15, -0.1) is 0 Å². The number of hydrogen-bond donors (Lipinski definition) is 1. The highest BCUT2D eigenvalue weighted by atomic mass is 19.1. The molecule has 2 rings (SSSR count). The zero-order chi connectivity index (χ0) is 15.4. The number of benzene rings is 1. The van der Waals surface area contributed by atoms with Gasteiger partial charge >= 0.3 is 0 Å². The van der Waals surface area contributed by atoms with E-state index in [1.54, 1.807) is 7.05 Å². The van der Waals surface area contributed by atoms with Crippen LogP contribution in [-0.2, 0) is 6.54 Å². The van der Waals surface area contributed by atoms with Crippen molar-refractivity contribution in [1.82, 2.24) is 5.32 Å². The van der Waals surface area contributed by atoms with Crippen molar-refractivity contribution in [3.63, 3.8) is 0 Å². The fourth-order valence-electron chi connectivity index (χ4n) is 3.24. The molecular weight excluding hydrogens is 270 g/mol. The molecule has 0 bridgehead atoms. The van der Waals surface area contributed by atoms with Gasteiger partial charge in [0, 0.05) is 19.6 Å². The molecule has 1 aliphatic rings. The lowest BCUT2D eigenvalue weighted by atomic mass is 9.89. The molecule has 1 aromatic carbocycles. The number of hydrogen-bond acceptors (Lipinski definition) is 2. The predicted molar refractivity (Wildman–Crippen MR) is 83.5 cm³/mol. The Morgan fingerprint density at radius 1 is 1.19 bits per heavy atom. The molecule has 2 nitrogen and oxygen atoms in total. The third-order valence-corrected chi connectivity index (χ3v) is 4.49. The number of nitrogens with zero attached hydrogens (tertiary/aromatic N) is 1. The molecule has 1 aliphatic heterocycles. The van der Waals surface area contributed by atoms with Gasteiger partial charge in [-0.2, -0.15) is 0 Å². The topological polar surface area (TPSA) is 15.3 Å². The molecule has 1 N–H and O–H groups in total. The third kappa shape index (κ3) is 3.94. The van der Waals surface area contributed by atoms with Crippen LogP contribution in [0.25, 0.3) is 0 Å². The first-order valence-electron chi connectivity index (χ1n) is 7.90. The minimum absolute atomic E-state index is 0.152. The van der Waals surface area contributed by atoms with Crippen molar-refractivity contribution in [3.05, 3.63) is 29.3 Å². The van der Waals surface area contributed by atoms with Crippen LogP contribution in [0.2, 0.25) is 0 Å². The molecule has 1 saturated heterocycles. The first kappa shape index (κ1) is 16.2. The average molecular weight is 296 g/mol. The Labute approximate surface area is 126 Å². The van der Waals surface area contributed by atoms with Gasteiger partial charge in [-0.25, -0.2) is 8.78 Å². The van der Waals surface area contributed by atoms with E-state index in [9.17, 15) is 8.78 Å². The maximum Gasteiger partial charge on any atom is 0.149 e. The number of anilines is 1. The van der Waals surface area contributed by atoms with Crippen LogP contribution in [-0.4, -0.2) is 20.1 Å². The molecule has 0 amide bonds. The van der Waals surface area contributed by atoms with E-state index in [2.05, 4.69) is 19.2 Å². The second-order valence-electron chi connectivity index (χ2n) is 6.36. The molecule has 0 saturated carbocycles. The van der Waals surface area contributed by atoms with Crippen LogP contribution in [0.4, 0.5) is 14.5 Å². The van der Waals surface area contributed by atoms with Crippen LogP contribution in [0.15, 0.2) is 12.1 Å². The Morgan fingerprint density at radius 3 is 2.43 bits per heavy atom. The molecule has 1 unspecified atom stereocenters. The number of halogens is 2. The van der Waals surface area contributed by atoms with Gasteiger partial charge in [0.25, 0.3) is 0 Å². The Bertz CT molecular complexity index is 451. The van der Waals surface area contributed by atoms with E-state index in [0.717, 1.165) is 32.4 Å². The van der Waals surface area contributed by atoms with Crippen molar-refractivity contribution >= 4 is 5.69 Å². The highest BCUT2D eigenvalue weighted by molar-refractivity contribution is 5.51. The summed E-state index contributed by atoms with van der Waals surface area (Å²) in [4.78, 5) is 1.89. The summed E-state index contributed by atoms with van der Waals surface area (Å²) in [7, 11) is 1.77. The van der Waals surface area contributed by atoms with E-state index >= 15 is 0 Å². The van der Waals surface area contributed by atoms with Crippen molar-refractivity contribution in [2.75, 3.05) is 25.0 Å². The highest BCUT2D eigenvalue weighted by Gasteiger charge is 2.23. The Balaban J connectivity index is 2.18. The van der Waals surface area contributed by atoms with Gasteiger partial charge in [0.2, 0.25) is 0 Å². The second kappa shape index (κ2) is 7.21. The van der Waals surface area contributed by atoms with E-state index in [1.165, 1.54) is 12.1 Å². The summed E-state index contributed by atoms with van der Waals surface area (Å²) in [5, 5.41) is 2.92. The summed E-state index contributed by atoms with van der Waals surface area (Å²) in [6.07, 6.45) is 3.16. The Hall–Kier alpha value is -1.16. The fourth-order valence-corrected chi connectivity index (χ4v) is 3.24. The van der Waals surface area contributed by atoms with Crippen molar-refractivity contribution in [2.45, 2.75) is 39.7 Å². The van der Waals surface area contributed by atoms with Gasteiger partial charge in [-0.1, -0.05) is 13.8 Å². The summed E-state index contributed by atoms with van der Waals surface area (Å²) in [5.74, 6) is 0.411. The van der Waals surface area contributed by atoms with Gasteiger partial charge in [-0.3, -0.25) is 0 Å². The maximum absolute atomic E-state index is 14.3. The molecule has 1 heterocycles. The van der Waals surface area contributed by atoms with Crippen molar-refractivity contribution in [1.29, 1.82) is 0 Å². The Kier molecular flexibility index (Phi) is 5.57. The van der Waals surface area contributed by atoms with Gasteiger partial charge < -0.3 is 10.2 Å². The van der Waals surface area contributed by atoms with Gasteiger partial charge in [-0.05, 0) is 55.8 Å². The molecular formula is C17H26F2N2. The molecule has 0 radical (unpaired) electrons. The van der Waals surface area contributed by atoms with E-state index in [-0.39, 0.29) is 5.69 Å². The molecule has 118 valence electrons. The largest absolute Gasteiger partial charge is 0.367 e. The molecule has 21 heavy (non-hydrogen) atoms. The van der Waals surface area contributed by atoms with Crippen LogP contribution in [0.5, 0.6) is 0 Å². The normalized spacial score (nSPS) is 19.9. The van der Waals surface area contributed by atoms with E-state index in [4.69, 9.17) is 0 Å². The monoisotopic (exact) mass is 296 g/mol. The van der Waals surface area contributed by atoms with Crippen molar-refractivity contribution < 1.29 is 8.78 Å². The standard InChI is InChI=1S/C17H26F2N2/c1-12(2)14-5-4-7-21(8-6-14)17-15(18)9-13(11-20-3)10-16(17)19/h9-10,12,14,20H,4-8,11H2,1-3H3. The summed E-state index contributed by atoms with van der Waals surface area (Å²) in [6.45, 7) is 6.41.